The maximum atomic E-state index is 11.3. The molecule has 1 atom stereocenters. The van der Waals surface area contributed by atoms with E-state index in [0.717, 1.165) is 6.04 Å². The molecule has 3 heteroatoms. The van der Waals surface area contributed by atoms with Crippen LogP contribution in [0.2, 0.25) is 17.6 Å². The van der Waals surface area contributed by atoms with Crippen molar-refractivity contribution in [2.75, 3.05) is 0 Å². The zero-order valence-electron chi connectivity index (χ0n) is 11.6. The summed E-state index contributed by atoms with van der Waals surface area (Å²) >= 11 is 0. The molecule has 0 bridgehead atoms. The highest BCUT2D eigenvalue weighted by molar-refractivity contribution is 6.81. The molecule has 0 aliphatic carbocycles. The van der Waals surface area contributed by atoms with E-state index in [2.05, 4.69) is 53.1 Å². The van der Waals surface area contributed by atoms with E-state index in [-0.39, 0.29) is 16.4 Å². The Kier molecular flexibility index (Phi) is 4.19. The molecule has 0 saturated carbocycles. The van der Waals surface area contributed by atoms with Gasteiger partial charge >= 0.3 is 0 Å². The monoisotopic (exact) mass is 229 g/mol. The lowest BCUT2D eigenvalue weighted by atomic mass is 10.0. The first kappa shape index (κ1) is 14.7. The second-order valence-corrected chi connectivity index (χ2v) is 11.8. The van der Waals surface area contributed by atoms with E-state index in [1.165, 1.54) is 0 Å². The fraction of sp³-hybridized carbons (Fsp3) is 0.917. The van der Waals surface area contributed by atoms with Gasteiger partial charge in [0.1, 0.15) is 0 Å². The maximum Gasteiger partial charge on any atom is 0.209 e. The molecule has 0 radical (unpaired) electrons. The minimum Gasteiger partial charge on any atom is -0.382 e. The van der Waals surface area contributed by atoms with Crippen LogP contribution in [0.15, 0.2) is 0 Å². The number of rotatable bonds is 2. The first-order valence-corrected chi connectivity index (χ1v) is 8.37. The summed E-state index contributed by atoms with van der Waals surface area (Å²) < 4.78 is 0. The van der Waals surface area contributed by atoms with Crippen LogP contribution in [0, 0.1) is 5.41 Å². The first-order chi connectivity index (χ1) is 6.37. The zero-order chi connectivity index (χ0) is 12.5. The minimum atomic E-state index is -1.75. The van der Waals surface area contributed by atoms with Crippen LogP contribution in [0.4, 0.5) is 0 Å². The molecule has 0 saturated heterocycles. The van der Waals surface area contributed by atoms with Gasteiger partial charge in [-0.15, -0.1) is 0 Å². The Morgan fingerprint density at radius 3 is 1.73 bits per heavy atom. The molecule has 0 aromatic rings. The Morgan fingerprint density at radius 1 is 1.13 bits per heavy atom. The van der Waals surface area contributed by atoms with Crippen molar-refractivity contribution in [1.29, 1.82) is 0 Å². The molecular formula is C12H27NOSi. The Bertz CT molecular complexity index is 237. The van der Waals surface area contributed by atoms with Crippen molar-refractivity contribution in [1.82, 2.24) is 4.98 Å². The maximum absolute atomic E-state index is 11.3. The lowest BCUT2D eigenvalue weighted by Crippen LogP contribution is -2.58. The molecule has 0 aromatic carbocycles. The molecule has 15 heavy (non-hydrogen) atoms. The van der Waals surface area contributed by atoms with Crippen molar-refractivity contribution < 1.29 is 4.79 Å². The van der Waals surface area contributed by atoms with Crippen LogP contribution in [0.5, 0.6) is 0 Å². The fourth-order valence-electron chi connectivity index (χ4n) is 1.95. The Labute approximate surface area is 95.9 Å². The van der Waals surface area contributed by atoms with Crippen molar-refractivity contribution in [3.8, 4) is 0 Å². The standard InChI is InChI=1S/C12H27NOSi/c1-10(14)13-15(8,12(5,6)7)9-11(2,3)4/h9H2,1-8H3,(H,13,14). The second kappa shape index (κ2) is 4.28. The number of hydrogen-bond donors (Lipinski definition) is 1. The predicted molar refractivity (Wildman–Crippen MR) is 69.4 cm³/mol. The number of nitrogens with one attached hydrogen (secondary N) is 1. The summed E-state index contributed by atoms with van der Waals surface area (Å²) in [5.41, 5.74) is 0.275. The van der Waals surface area contributed by atoms with Crippen LogP contribution in [0.1, 0.15) is 48.5 Å². The lowest BCUT2D eigenvalue weighted by molar-refractivity contribution is -0.117. The molecule has 1 N–H and O–H groups in total. The zero-order valence-corrected chi connectivity index (χ0v) is 12.6. The molecule has 0 fully saturated rings. The van der Waals surface area contributed by atoms with Crippen molar-refractivity contribution in [2.45, 2.75) is 66.1 Å². The van der Waals surface area contributed by atoms with Gasteiger partial charge in [0.05, 0.1) is 0 Å². The summed E-state index contributed by atoms with van der Waals surface area (Å²) in [4.78, 5) is 14.6. The van der Waals surface area contributed by atoms with E-state index in [9.17, 15) is 4.79 Å². The summed E-state index contributed by atoms with van der Waals surface area (Å²) in [7, 11) is -1.75. The van der Waals surface area contributed by atoms with Gasteiger partial charge in [0, 0.05) is 6.92 Å². The second-order valence-electron chi connectivity index (χ2n) is 7.00. The topological polar surface area (TPSA) is 29.1 Å². The van der Waals surface area contributed by atoms with Gasteiger partial charge in [-0.25, -0.2) is 0 Å². The minimum absolute atomic E-state index is 0.114. The van der Waals surface area contributed by atoms with E-state index in [1.54, 1.807) is 6.92 Å². The summed E-state index contributed by atoms with van der Waals surface area (Å²) in [5, 5.41) is 0.200. The number of hydrogen-bond acceptors (Lipinski definition) is 1. The van der Waals surface area contributed by atoms with Crippen LogP contribution in [-0.4, -0.2) is 14.1 Å². The van der Waals surface area contributed by atoms with Gasteiger partial charge in [0.2, 0.25) is 5.91 Å². The molecule has 1 unspecified atom stereocenters. The predicted octanol–water partition coefficient (Wildman–Crippen LogP) is 3.54. The highest BCUT2D eigenvalue weighted by atomic mass is 28.3. The van der Waals surface area contributed by atoms with E-state index < -0.39 is 8.24 Å². The van der Waals surface area contributed by atoms with E-state index >= 15 is 0 Å². The van der Waals surface area contributed by atoms with Crippen LogP contribution >= 0.6 is 0 Å². The highest BCUT2D eigenvalue weighted by Crippen LogP contribution is 2.41. The van der Waals surface area contributed by atoms with E-state index in [4.69, 9.17) is 0 Å². The van der Waals surface area contributed by atoms with Crippen LogP contribution in [0.3, 0.4) is 0 Å². The third kappa shape index (κ3) is 4.82. The van der Waals surface area contributed by atoms with Crippen LogP contribution in [0.25, 0.3) is 0 Å². The molecule has 2 nitrogen and oxygen atoms in total. The molecule has 0 aliphatic rings. The van der Waals surface area contributed by atoms with Crippen molar-refractivity contribution in [3.05, 3.63) is 0 Å². The largest absolute Gasteiger partial charge is 0.382 e. The number of carbonyl (C=O) groups excluding carboxylic acids is 1. The van der Waals surface area contributed by atoms with Crippen molar-refractivity contribution >= 4 is 14.1 Å². The number of carbonyl (C=O) groups is 1. The van der Waals surface area contributed by atoms with Gasteiger partial charge in [0.15, 0.2) is 8.24 Å². The van der Waals surface area contributed by atoms with Gasteiger partial charge in [-0.2, -0.15) is 0 Å². The van der Waals surface area contributed by atoms with Crippen molar-refractivity contribution in [3.63, 3.8) is 0 Å². The van der Waals surface area contributed by atoms with E-state index in [1.807, 2.05) is 0 Å². The molecule has 1 amide bonds. The quantitative estimate of drug-likeness (QED) is 0.721. The average Bonchev–Trinajstić information content (AvgIpc) is 1.75. The third-order valence-corrected chi connectivity index (χ3v) is 8.97. The smallest absolute Gasteiger partial charge is 0.209 e. The molecule has 0 aromatic heterocycles. The average molecular weight is 229 g/mol. The third-order valence-electron chi connectivity index (χ3n) is 2.99. The van der Waals surface area contributed by atoms with Gasteiger partial charge in [-0.05, 0) is 16.5 Å². The summed E-state index contributed by atoms with van der Waals surface area (Å²) in [6.07, 6.45) is 0. The summed E-state index contributed by atoms with van der Waals surface area (Å²) in [6, 6.07) is 1.11. The Balaban J connectivity index is 4.96. The highest BCUT2D eigenvalue weighted by Gasteiger charge is 2.43. The van der Waals surface area contributed by atoms with Gasteiger partial charge in [-0.3, -0.25) is 4.79 Å². The van der Waals surface area contributed by atoms with E-state index in [0.29, 0.717) is 0 Å². The normalized spacial score (nSPS) is 17.1. The van der Waals surface area contributed by atoms with Gasteiger partial charge in [0.25, 0.3) is 0 Å². The lowest BCUT2D eigenvalue weighted by Gasteiger charge is -2.43. The fourth-order valence-corrected chi connectivity index (χ4v) is 5.84. The molecule has 0 heterocycles. The summed E-state index contributed by atoms with van der Waals surface area (Å²) in [5.74, 6) is 0.114. The molecular weight excluding hydrogens is 202 g/mol. The molecule has 90 valence electrons. The SMILES string of the molecule is CC(=O)N[Si](C)(CC(C)(C)C)C(C)(C)C. The van der Waals surface area contributed by atoms with Gasteiger partial charge < -0.3 is 4.98 Å². The van der Waals surface area contributed by atoms with Crippen LogP contribution in [-0.2, 0) is 4.79 Å². The molecule has 0 aliphatic heterocycles. The van der Waals surface area contributed by atoms with Crippen LogP contribution < -0.4 is 4.98 Å². The van der Waals surface area contributed by atoms with Gasteiger partial charge in [-0.1, -0.05) is 48.1 Å². The molecule has 0 spiro atoms. The Hall–Kier alpha value is -0.313. The Morgan fingerprint density at radius 2 is 1.53 bits per heavy atom. The summed E-state index contributed by atoms with van der Waals surface area (Å²) in [6.45, 7) is 17.3. The molecule has 0 rings (SSSR count). The first-order valence-electron chi connectivity index (χ1n) is 5.66. The van der Waals surface area contributed by atoms with Crippen molar-refractivity contribution in [2.24, 2.45) is 5.41 Å². The number of amides is 1.